The molecule has 4 rings (SSSR count). The van der Waals surface area contributed by atoms with Crippen LogP contribution in [0.2, 0.25) is 0 Å². The molecule has 2 aliphatic rings. The van der Waals surface area contributed by atoms with Crippen molar-refractivity contribution in [1.29, 1.82) is 0 Å². The highest BCUT2D eigenvalue weighted by atomic mass is 32.2. The topological polar surface area (TPSA) is 83.6 Å². The molecule has 2 aromatic rings. The van der Waals surface area contributed by atoms with Crippen LogP contribution in [0, 0.1) is 5.92 Å². The summed E-state index contributed by atoms with van der Waals surface area (Å²) < 4.78 is 27.9. The van der Waals surface area contributed by atoms with Crippen LogP contribution in [0.5, 0.6) is 0 Å². The molecule has 1 heterocycles. The Labute approximate surface area is 177 Å². The average Bonchev–Trinajstić information content (AvgIpc) is 2.72. The number of benzene rings is 2. The summed E-state index contributed by atoms with van der Waals surface area (Å²) in [4.78, 5) is 27.3. The van der Waals surface area contributed by atoms with Crippen molar-refractivity contribution < 1.29 is 18.0 Å². The molecule has 1 aliphatic heterocycles. The van der Waals surface area contributed by atoms with Crippen molar-refractivity contribution in [3.63, 3.8) is 0 Å². The van der Waals surface area contributed by atoms with Gasteiger partial charge in [-0.1, -0.05) is 49.6 Å². The number of likely N-dealkylation sites (tertiary alicyclic amines) is 1. The van der Waals surface area contributed by atoms with E-state index in [1.54, 1.807) is 24.0 Å². The number of hydrogen-bond donors (Lipinski definition) is 1. The quantitative estimate of drug-likeness (QED) is 0.789. The molecule has 1 unspecified atom stereocenters. The largest absolute Gasteiger partial charge is 0.328 e. The van der Waals surface area contributed by atoms with Gasteiger partial charge < -0.3 is 4.90 Å². The number of carbonyl (C=O) groups is 2. The zero-order valence-electron chi connectivity index (χ0n) is 17.3. The number of nitrogens with one attached hydrogen (secondary N) is 1. The number of amides is 2. The number of carbonyl (C=O) groups excluding carboxylic acids is 2. The smallest absolute Gasteiger partial charge is 0.264 e. The van der Waals surface area contributed by atoms with Crippen molar-refractivity contribution in [3.05, 3.63) is 42.5 Å². The Bertz CT molecular complexity index is 1080. The van der Waals surface area contributed by atoms with Crippen LogP contribution in [0.15, 0.2) is 47.4 Å². The summed E-state index contributed by atoms with van der Waals surface area (Å²) in [7, 11) is -4.02. The van der Waals surface area contributed by atoms with Gasteiger partial charge in [0.1, 0.15) is 5.54 Å². The van der Waals surface area contributed by atoms with E-state index < -0.39 is 21.5 Å². The van der Waals surface area contributed by atoms with Gasteiger partial charge in [0.15, 0.2) is 0 Å². The maximum Gasteiger partial charge on any atom is 0.264 e. The summed E-state index contributed by atoms with van der Waals surface area (Å²) in [5.74, 6) is -0.312. The Morgan fingerprint density at radius 1 is 1.07 bits per heavy atom. The van der Waals surface area contributed by atoms with Crippen LogP contribution in [0.25, 0.3) is 10.8 Å². The molecule has 2 aromatic carbocycles. The fourth-order valence-corrected chi connectivity index (χ4v) is 5.68. The molecule has 0 radical (unpaired) electrons. The normalized spacial score (nSPS) is 22.5. The molecule has 1 saturated carbocycles. The summed E-state index contributed by atoms with van der Waals surface area (Å²) in [6, 6.07) is 12.2. The lowest BCUT2D eigenvalue weighted by atomic mass is 9.82. The fraction of sp³-hybridized carbons (Fsp3) is 0.478. The second-order valence-electron chi connectivity index (χ2n) is 8.72. The van der Waals surface area contributed by atoms with Crippen LogP contribution in [0.4, 0.5) is 0 Å². The van der Waals surface area contributed by atoms with Gasteiger partial charge in [0.25, 0.3) is 15.9 Å². The molecule has 0 spiro atoms. The van der Waals surface area contributed by atoms with Crippen LogP contribution in [0.3, 0.4) is 0 Å². The Morgan fingerprint density at radius 2 is 1.77 bits per heavy atom. The fourth-order valence-electron chi connectivity index (χ4n) is 4.57. The Morgan fingerprint density at radius 3 is 2.43 bits per heavy atom. The third kappa shape index (κ3) is 3.95. The van der Waals surface area contributed by atoms with Crippen molar-refractivity contribution in [2.45, 2.75) is 62.3 Å². The molecule has 160 valence electrons. The first-order valence-corrected chi connectivity index (χ1v) is 12.1. The summed E-state index contributed by atoms with van der Waals surface area (Å²) in [6.07, 6.45) is 6.54. The van der Waals surface area contributed by atoms with Crippen molar-refractivity contribution in [1.82, 2.24) is 9.62 Å². The molecule has 1 N–H and O–H groups in total. The Hall–Kier alpha value is -2.41. The van der Waals surface area contributed by atoms with E-state index in [9.17, 15) is 18.0 Å². The molecule has 6 nitrogen and oxygen atoms in total. The van der Waals surface area contributed by atoms with Gasteiger partial charge in [-0.15, -0.1) is 0 Å². The molecule has 30 heavy (non-hydrogen) atoms. The predicted molar refractivity (Wildman–Crippen MR) is 115 cm³/mol. The molecule has 1 aliphatic carbocycles. The first kappa shape index (κ1) is 20.8. The molecule has 1 atom stereocenters. The summed E-state index contributed by atoms with van der Waals surface area (Å²) in [5.41, 5.74) is -1.12. The van der Waals surface area contributed by atoms with Gasteiger partial charge in [-0.05, 0) is 55.0 Å². The highest BCUT2D eigenvalue weighted by Gasteiger charge is 2.50. The number of nitrogens with zero attached hydrogens (tertiary/aromatic N) is 1. The lowest BCUT2D eigenvalue weighted by molar-refractivity contribution is -0.157. The number of sulfonamides is 1. The van der Waals surface area contributed by atoms with E-state index in [0.29, 0.717) is 25.3 Å². The lowest BCUT2D eigenvalue weighted by Crippen LogP contribution is -2.68. The number of rotatable bonds is 5. The molecule has 1 saturated heterocycles. The minimum atomic E-state index is -4.02. The van der Waals surface area contributed by atoms with Crippen molar-refractivity contribution in [2.75, 3.05) is 6.54 Å². The monoisotopic (exact) mass is 428 g/mol. The van der Waals surface area contributed by atoms with Crippen molar-refractivity contribution in [3.8, 4) is 0 Å². The molecule has 2 amide bonds. The molecule has 0 bridgehead atoms. The van der Waals surface area contributed by atoms with Crippen LogP contribution < -0.4 is 4.72 Å². The van der Waals surface area contributed by atoms with E-state index in [1.165, 1.54) is 12.5 Å². The van der Waals surface area contributed by atoms with Crippen molar-refractivity contribution in [2.24, 2.45) is 5.92 Å². The molecular weight excluding hydrogens is 400 g/mol. The van der Waals surface area contributed by atoms with Gasteiger partial charge in [0.2, 0.25) is 5.91 Å². The second kappa shape index (κ2) is 8.02. The van der Waals surface area contributed by atoms with E-state index in [-0.39, 0.29) is 10.8 Å². The molecular formula is C23H28N2O4S. The van der Waals surface area contributed by atoms with E-state index in [1.807, 2.05) is 24.3 Å². The Kier molecular flexibility index (Phi) is 5.57. The highest BCUT2D eigenvalue weighted by molar-refractivity contribution is 7.90. The van der Waals surface area contributed by atoms with Crippen LogP contribution in [-0.2, 0) is 19.6 Å². The highest BCUT2D eigenvalue weighted by Crippen LogP contribution is 2.34. The third-order valence-electron chi connectivity index (χ3n) is 6.65. The van der Waals surface area contributed by atoms with E-state index in [0.717, 1.165) is 36.5 Å². The van der Waals surface area contributed by atoms with E-state index in [2.05, 4.69) is 4.72 Å². The van der Waals surface area contributed by atoms with Crippen LogP contribution in [0.1, 0.15) is 51.9 Å². The van der Waals surface area contributed by atoms with Gasteiger partial charge in [0.05, 0.1) is 4.90 Å². The van der Waals surface area contributed by atoms with E-state index >= 15 is 0 Å². The number of hydrogen-bond acceptors (Lipinski definition) is 4. The van der Waals surface area contributed by atoms with Gasteiger partial charge in [-0.25, -0.2) is 13.1 Å². The zero-order valence-corrected chi connectivity index (χ0v) is 18.1. The molecule has 2 fully saturated rings. The maximum atomic E-state index is 12.9. The van der Waals surface area contributed by atoms with Gasteiger partial charge in [-0.2, -0.15) is 0 Å². The van der Waals surface area contributed by atoms with Crippen LogP contribution in [-0.4, -0.2) is 37.2 Å². The first-order chi connectivity index (χ1) is 14.3. The SMILES string of the molecule is CC1(C(=O)NS(=O)(=O)c2ccc3ccccc3c2)CCN1C(=O)CC1CCCCC1. The third-order valence-corrected chi connectivity index (χ3v) is 7.98. The van der Waals surface area contributed by atoms with Gasteiger partial charge in [0, 0.05) is 13.0 Å². The van der Waals surface area contributed by atoms with Gasteiger partial charge in [-0.3, -0.25) is 9.59 Å². The maximum absolute atomic E-state index is 12.9. The number of fused-ring (bicyclic) bond motifs is 1. The zero-order chi connectivity index (χ0) is 21.4. The summed E-state index contributed by atoms with van der Waals surface area (Å²) >= 11 is 0. The second-order valence-corrected chi connectivity index (χ2v) is 10.4. The van der Waals surface area contributed by atoms with Crippen molar-refractivity contribution >= 4 is 32.6 Å². The predicted octanol–water partition coefficient (Wildman–Crippen LogP) is 3.61. The Balaban J connectivity index is 1.46. The van der Waals surface area contributed by atoms with Gasteiger partial charge >= 0.3 is 0 Å². The minimum Gasteiger partial charge on any atom is -0.328 e. The molecule has 0 aromatic heterocycles. The first-order valence-electron chi connectivity index (χ1n) is 10.7. The average molecular weight is 429 g/mol. The van der Waals surface area contributed by atoms with Crippen LogP contribution >= 0.6 is 0 Å². The standard InChI is InChI=1S/C23H28N2O4S/c1-23(13-14-25(23)21(26)15-17-7-3-2-4-8-17)22(27)24-30(28,29)20-12-11-18-9-5-6-10-19(18)16-20/h5-6,9-12,16-17H,2-4,7-8,13-15H2,1H3,(H,24,27). The minimum absolute atomic E-state index is 0.0394. The summed E-state index contributed by atoms with van der Waals surface area (Å²) in [6.45, 7) is 2.14. The van der Waals surface area contributed by atoms with E-state index in [4.69, 9.17) is 0 Å². The lowest BCUT2D eigenvalue weighted by Gasteiger charge is -2.49. The summed E-state index contributed by atoms with van der Waals surface area (Å²) in [5, 5.41) is 1.71. The molecule has 7 heteroatoms.